The quantitative estimate of drug-likeness (QED) is 0.224. The average Bonchev–Trinajstić information content (AvgIpc) is 3.81. The number of aromatic nitrogens is 6. The molecular weight excluding hydrogens is 582 g/mol. The lowest BCUT2D eigenvalue weighted by molar-refractivity contribution is 0.171. The number of benzene rings is 1. The van der Waals surface area contributed by atoms with Gasteiger partial charge in [0, 0.05) is 11.5 Å². The van der Waals surface area contributed by atoms with E-state index in [2.05, 4.69) is 75.2 Å². The molecule has 3 atom stereocenters. The van der Waals surface area contributed by atoms with Crippen molar-refractivity contribution in [2.45, 2.75) is 83.9 Å². The molecule has 1 aliphatic heterocycles. The van der Waals surface area contributed by atoms with Gasteiger partial charge in [-0.1, -0.05) is 50.2 Å². The number of aryl methyl sites for hydroxylation is 2. The van der Waals surface area contributed by atoms with Gasteiger partial charge in [-0.2, -0.15) is 5.10 Å². The van der Waals surface area contributed by atoms with Gasteiger partial charge >= 0.3 is 6.03 Å². The van der Waals surface area contributed by atoms with Crippen LogP contribution in [0.3, 0.4) is 0 Å². The zero-order valence-corrected chi connectivity index (χ0v) is 27.2. The Kier molecular flexibility index (Phi) is 7.54. The number of nitrogens with zero attached hydrogens (tertiary/aromatic N) is 7. The molecule has 46 heavy (non-hydrogen) atoms. The highest BCUT2D eigenvalue weighted by molar-refractivity contribution is 5.89. The first-order valence-corrected chi connectivity index (χ1v) is 16.0. The number of fused-ring (bicyclic) bond motifs is 2. The Bertz CT molecular complexity index is 1880. The lowest BCUT2D eigenvalue weighted by atomic mass is 9.85. The van der Waals surface area contributed by atoms with Gasteiger partial charge in [-0.15, -0.1) is 10.2 Å². The number of carbonyl (C=O) groups excluding carboxylic acids is 1. The van der Waals surface area contributed by atoms with Crippen LogP contribution in [-0.4, -0.2) is 54.1 Å². The number of nitrogens with one attached hydrogen (secondary N) is 2. The monoisotopic (exact) mass is 623 g/mol. The van der Waals surface area contributed by atoms with Crippen molar-refractivity contribution in [2.24, 2.45) is 0 Å². The van der Waals surface area contributed by atoms with E-state index in [4.69, 9.17) is 14.4 Å². The summed E-state index contributed by atoms with van der Waals surface area (Å²) >= 11 is 0. The zero-order valence-electron chi connectivity index (χ0n) is 27.2. The maximum absolute atomic E-state index is 13.5. The molecule has 7 rings (SSSR count). The Hall–Kier alpha value is -4.71. The molecule has 0 bridgehead atoms. The number of pyridine rings is 1. The Balaban J connectivity index is 1.10. The molecule has 2 amide bonds. The van der Waals surface area contributed by atoms with Gasteiger partial charge in [-0.05, 0) is 76.4 Å². The molecule has 1 fully saturated rings. The van der Waals surface area contributed by atoms with E-state index in [0.717, 1.165) is 72.0 Å². The summed E-state index contributed by atoms with van der Waals surface area (Å²) in [6.07, 6.45) is 5.54. The fraction of sp³-hybridized carbons (Fsp3) is 0.441. The topological polar surface area (TPSA) is 128 Å². The third kappa shape index (κ3) is 5.51. The average molecular weight is 624 g/mol. The number of ether oxygens (including phenoxy) is 1. The van der Waals surface area contributed by atoms with Crippen LogP contribution < -0.4 is 15.4 Å². The number of amides is 2. The molecule has 0 saturated carbocycles. The van der Waals surface area contributed by atoms with Crippen LogP contribution in [0.25, 0.3) is 11.3 Å². The van der Waals surface area contributed by atoms with Crippen LogP contribution >= 0.6 is 0 Å². The van der Waals surface area contributed by atoms with Crippen molar-refractivity contribution in [1.29, 1.82) is 0 Å². The van der Waals surface area contributed by atoms with Gasteiger partial charge in [0.15, 0.2) is 17.2 Å². The molecular formula is C34H41N9O3. The van der Waals surface area contributed by atoms with Crippen LogP contribution in [0.2, 0.25) is 0 Å². The summed E-state index contributed by atoms with van der Waals surface area (Å²) in [7, 11) is 2.14. The molecule has 1 unspecified atom stereocenters. The smallest absolute Gasteiger partial charge is 0.320 e. The van der Waals surface area contributed by atoms with Crippen LogP contribution in [0, 0.1) is 13.8 Å². The minimum atomic E-state index is -0.310. The second kappa shape index (κ2) is 11.6. The van der Waals surface area contributed by atoms with E-state index in [0.29, 0.717) is 17.3 Å². The van der Waals surface area contributed by atoms with Gasteiger partial charge in [0.25, 0.3) is 0 Å². The molecule has 12 heteroatoms. The molecule has 1 aliphatic carbocycles. The van der Waals surface area contributed by atoms with Crippen LogP contribution in [0.15, 0.2) is 53.2 Å². The first kappa shape index (κ1) is 30.0. The standard InChI is InChI=1S/C34H41N9O3/c1-20-31(21(2)46-40-20)43-30(18-28(39-43)34(3,4)5)36-33(44)35-25-14-15-27(24-11-8-7-10-23(24)25)45-22-13-16-29-37-38-32(42(29)19-22)26-12-9-17-41(26)6/h7-8,10-11,13,16,18-19,25-27H,9,12,14-15,17H2,1-6H3,(H2,35,36,44)/t25-,26?,27+/m0/s1. The third-order valence-corrected chi connectivity index (χ3v) is 9.17. The van der Waals surface area contributed by atoms with Crippen molar-refractivity contribution in [2.75, 3.05) is 18.9 Å². The maximum Gasteiger partial charge on any atom is 0.320 e. The highest BCUT2D eigenvalue weighted by Crippen LogP contribution is 2.39. The number of likely N-dealkylation sites (tertiary alicyclic amines) is 1. The molecule has 0 spiro atoms. The number of rotatable bonds is 6. The van der Waals surface area contributed by atoms with Gasteiger partial charge in [0.05, 0.1) is 24.0 Å². The van der Waals surface area contributed by atoms with E-state index in [1.54, 1.807) is 4.68 Å². The molecule has 2 aliphatic rings. The molecule has 0 radical (unpaired) electrons. The number of hydrogen-bond donors (Lipinski definition) is 2. The lowest BCUT2D eigenvalue weighted by Gasteiger charge is -2.32. The summed E-state index contributed by atoms with van der Waals surface area (Å²) in [4.78, 5) is 15.9. The molecule has 1 aromatic carbocycles. The van der Waals surface area contributed by atoms with Gasteiger partial charge in [0.2, 0.25) is 0 Å². The number of anilines is 1. The predicted molar refractivity (Wildman–Crippen MR) is 173 cm³/mol. The minimum absolute atomic E-state index is 0.154. The third-order valence-electron chi connectivity index (χ3n) is 9.17. The van der Waals surface area contributed by atoms with E-state index < -0.39 is 0 Å². The van der Waals surface area contributed by atoms with E-state index in [1.165, 1.54) is 0 Å². The molecule has 5 heterocycles. The van der Waals surface area contributed by atoms with E-state index in [1.807, 2.05) is 50.4 Å². The molecule has 12 nitrogen and oxygen atoms in total. The van der Waals surface area contributed by atoms with Crippen molar-refractivity contribution in [3.05, 3.63) is 82.8 Å². The fourth-order valence-corrected chi connectivity index (χ4v) is 6.71. The molecule has 5 aromatic rings. The number of hydrogen-bond acceptors (Lipinski definition) is 8. The highest BCUT2D eigenvalue weighted by atomic mass is 16.5. The van der Waals surface area contributed by atoms with Gasteiger partial charge < -0.3 is 14.6 Å². The highest BCUT2D eigenvalue weighted by Gasteiger charge is 2.31. The summed E-state index contributed by atoms with van der Waals surface area (Å²) in [5.41, 5.74) is 4.96. The molecule has 2 N–H and O–H groups in total. The van der Waals surface area contributed by atoms with Gasteiger partial charge in [0.1, 0.15) is 29.1 Å². The fourth-order valence-electron chi connectivity index (χ4n) is 6.71. The first-order valence-electron chi connectivity index (χ1n) is 16.0. The number of carbonyl (C=O) groups is 1. The largest absolute Gasteiger partial charge is 0.484 e. The minimum Gasteiger partial charge on any atom is -0.484 e. The van der Waals surface area contributed by atoms with E-state index in [-0.39, 0.29) is 29.6 Å². The van der Waals surface area contributed by atoms with E-state index in [9.17, 15) is 4.79 Å². The number of urea groups is 1. The van der Waals surface area contributed by atoms with Crippen LogP contribution in [0.5, 0.6) is 5.75 Å². The van der Waals surface area contributed by atoms with Crippen molar-refractivity contribution in [1.82, 2.24) is 39.8 Å². The predicted octanol–water partition coefficient (Wildman–Crippen LogP) is 6.36. The maximum atomic E-state index is 13.5. The Morgan fingerprint density at radius 3 is 2.57 bits per heavy atom. The molecule has 1 saturated heterocycles. The van der Waals surface area contributed by atoms with Crippen LogP contribution in [0.4, 0.5) is 10.6 Å². The lowest BCUT2D eigenvalue weighted by Crippen LogP contribution is -2.36. The first-order chi connectivity index (χ1) is 22.1. The Labute approximate surface area is 268 Å². The molecule has 4 aromatic heterocycles. The van der Waals surface area contributed by atoms with Gasteiger partial charge in [-0.3, -0.25) is 14.6 Å². The Morgan fingerprint density at radius 2 is 1.85 bits per heavy atom. The zero-order chi connectivity index (χ0) is 32.2. The normalized spacial score (nSPS) is 20.2. The van der Waals surface area contributed by atoms with Crippen molar-refractivity contribution in [3.63, 3.8) is 0 Å². The summed E-state index contributed by atoms with van der Waals surface area (Å²) in [5, 5.41) is 24.1. The van der Waals surface area contributed by atoms with Gasteiger partial charge in [-0.25, -0.2) is 9.48 Å². The van der Waals surface area contributed by atoms with Crippen LogP contribution in [-0.2, 0) is 5.41 Å². The summed E-state index contributed by atoms with van der Waals surface area (Å²) in [6.45, 7) is 11.0. The van der Waals surface area contributed by atoms with Crippen molar-refractivity contribution >= 4 is 17.5 Å². The summed E-state index contributed by atoms with van der Waals surface area (Å²) < 4.78 is 15.8. The SMILES string of the molecule is Cc1noc(C)c1-n1nc(C(C)(C)C)cc1NC(=O)N[C@H]1CC[C@@H](Oc2ccc3nnc(C4CCCN4C)n3c2)c2ccccc21. The molecule has 240 valence electrons. The second-order valence-electron chi connectivity index (χ2n) is 13.5. The van der Waals surface area contributed by atoms with E-state index >= 15 is 0 Å². The van der Waals surface area contributed by atoms with Crippen molar-refractivity contribution < 1.29 is 14.1 Å². The van der Waals surface area contributed by atoms with Crippen LogP contribution in [0.1, 0.15) is 98.7 Å². The van der Waals surface area contributed by atoms with Crippen molar-refractivity contribution in [3.8, 4) is 11.4 Å². The second-order valence-corrected chi connectivity index (χ2v) is 13.5. The summed E-state index contributed by atoms with van der Waals surface area (Å²) in [5.74, 6) is 2.89. The Morgan fingerprint density at radius 1 is 1.04 bits per heavy atom. The summed E-state index contributed by atoms with van der Waals surface area (Å²) in [6, 6.07) is 13.8.